The molecule has 0 aliphatic heterocycles. The van der Waals surface area contributed by atoms with Gasteiger partial charge in [-0.05, 0) is 6.42 Å². The standard InChI is InChI=1S/C22H44O5/c1-2-3-4-5-6-7-8-9-10-11-12-13-14-15-16-17-22(26)27-21(19-24)20(25)18-23/h20-21,23-25H,2-19H2,1H3. The quantitative estimate of drug-likeness (QED) is 0.211. The fourth-order valence-electron chi connectivity index (χ4n) is 3.22. The van der Waals surface area contributed by atoms with Gasteiger partial charge < -0.3 is 20.1 Å². The minimum Gasteiger partial charge on any atom is -0.457 e. The van der Waals surface area contributed by atoms with Crippen molar-refractivity contribution in [2.45, 2.75) is 122 Å². The molecule has 0 spiro atoms. The minimum absolute atomic E-state index is 0.299. The number of rotatable bonds is 20. The van der Waals surface area contributed by atoms with E-state index in [1.165, 1.54) is 77.0 Å². The number of ether oxygens (including phenoxy) is 1. The number of aliphatic hydroxyl groups is 3. The molecular weight excluding hydrogens is 344 g/mol. The molecule has 0 radical (unpaired) electrons. The fourth-order valence-corrected chi connectivity index (χ4v) is 3.22. The van der Waals surface area contributed by atoms with Crippen LogP contribution in [0.1, 0.15) is 110 Å². The van der Waals surface area contributed by atoms with Gasteiger partial charge in [-0.2, -0.15) is 0 Å². The molecule has 2 atom stereocenters. The zero-order chi connectivity index (χ0) is 20.2. The number of hydrogen-bond acceptors (Lipinski definition) is 5. The van der Waals surface area contributed by atoms with E-state index in [-0.39, 0.29) is 0 Å². The van der Waals surface area contributed by atoms with Crippen molar-refractivity contribution in [2.75, 3.05) is 13.2 Å². The van der Waals surface area contributed by atoms with Gasteiger partial charge in [0.25, 0.3) is 0 Å². The van der Waals surface area contributed by atoms with Gasteiger partial charge >= 0.3 is 5.97 Å². The first-order valence-corrected chi connectivity index (χ1v) is 11.2. The SMILES string of the molecule is CCCCCCCCCCCCCCCCCC(=O)OC(CO)C(O)CO. The normalized spacial score (nSPS) is 13.5. The van der Waals surface area contributed by atoms with Crippen LogP contribution in [-0.2, 0) is 9.53 Å². The smallest absolute Gasteiger partial charge is 0.306 e. The predicted octanol–water partition coefficient (Wildman–Crippen LogP) is 4.51. The molecule has 0 aromatic rings. The summed E-state index contributed by atoms with van der Waals surface area (Å²) in [5, 5.41) is 27.2. The van der Waals surface area contributed by atoms with E-state index in [0.717, 1.165) is 19.3 Å². The molecule has 0 aromatic carbocycles. The van der Waals surface area contributed by atoms with E-state index in [9.17, 15) is 9.90 Å². The number of hydrogen-bond donors (Lipinski definition) is 3. The molecular formula is C22H44O5. The van der Waals surface area contributed by atoms with Crippen molar-refractivity contribution in [2.24, 2.45) is 0 Å². The van der Waals surface area contributed by atoms with Gasteiger partial charge in [-0.25, -0.2) is 0 Å². The van der Waals surface area contributed by atoms with Crippen molar-refractivity contribution < 1.29 is 24.9 Å². The molecule has 0 fully saturated rings. The number of unbranched alkanes of at least 4 members (excludes halogenated alkanes) is 14. The number of esters is 1. The molecule has 5 nitrogen and oxygen atoms in total. The van der Waals surface area contributed by atoms with Crippen LogP contribution < -0.4 is 0 Å². The molecule has 0 amide bonds. The Kier molecular flexibility index (Phi) is 19.6. The monoisotopic (exact) mass is 388 g/mol. The molecule has 0 heterocycles. The van der Waals surface area contributed by atoms with Crippen LogP contribution in [0.2, 0.25) is 0 Å². The molecule has 5 heteroatoms. The predicted molar refractivity (Wildman–Crippen MR) is 110 cm³/mol. The van der Waals surface area contributed by atoms with E-state index < -0.39 is 31.4 Å². The number of aliphatic hydroxyl groups excluding tert-OH is 3. The summed E-state index contributed by atoms with van der Waals surface area (Å²) >= 11 is 0. The Balaban J connectivity index is 3.32. The zero-order valence-corrected chi connectivity index (χ0v) is 17.5. The molecule has 0 bridgehead atoms. The molecule has 0 saturated heterocycles. The van der Waals surface area contributed by atoms with Gasteiger partial charge in [-0.15, -0.1) is 0 Å². The first kappa shape index (κ1) is 26.4. The third-order valence-corrected chi connectivity index (χ3v) is 5.06. The first-order chi connectivity index (χ1) is 13.2. The Hall–Kier alpha value is -0.650. The van der Waals surface area contributed by atoms with Crippen LogP contribution >= 0.6 is 0 Å². The largest absolute Gasteiger partial charge is 0.457 e. The molecule has 2 unspecified atom stereocenters. The third-order valence-electron chi connectivity index (χ3n) is 5.06. The van der Waals surface area contributed by atoms with E-state index in [1.54, 1.807) is 0 Å². The second kappa shape index (κ2) is 20.1. The average molecular weight is 389 g/mol. The number of carbonyl (C=O) groups is 1. The maximum Gasteiger partial charge on any atom is 0.306 e. The highest BCUT2D eigenvalue weighted by atomic mass is 16.6. The van der Waals surface area contributed by atoms with Crippen molar-refractivity contribution in [3.63, 3.8) is 0 Å². The summed E-state index contributed by atoms with van der Waals surface area (Å²) in [5.41, 5.74) is 0. The van der Waals surface area contributed by atoms with Gasteiger partial charge in [0.2, 0.25) is 0 Å². The van der Waals surface area contributed by atoms with Crippen molar-refractivity contribution in [3.05, 3.63) is 0 Å². The lowest BCUT2D eigenvalue weighted by Gasteiger charge is -2.19. The van der Waals surface area contributed by atoms with Crippen LogP contribution in [0.4, 0.5) is 0 Å². The van der Waals surface area contributed by atoms with E-state index in [0.29, 0.717) is 6.42 Å². The van der Waals surface area contributed by atoms with Gasteiger partial charge in [-0.1, -0.05) is 96.8 Å². The van der Waals surface area contributed by atoms with E-state index >= 15 is 0 Å². The highest BCUT2D eigenvalue weighted by molar-refractivity contribution is 5.69. The Labute approximate surface area is 166 Å². The summed E-state index contributed by atoms with van der Waals surface area (Å²) < 4.78 is 4.97. The third kappa shape index (κ3) is 17.2. The second-order valence-electron chi connectivity index (χ2n) is 7.66. The summed E-state index contributed by atoms with van der Waals surface area (Å²) in [6, 6.07) is 0. The summed E-state index contributed by atoms with van der Waals surface area (Å²) in [5.74, 6) is -0.420. The molecule has 3 N–H and O–H groups in total. The maximum atomic E-state index is 11.6. The zero-order valence-electron chi connectivity index (χ0n) is 17.5. The Bertz CT molecular complexity index is 322. The lowest BCUT2D eigenvalue weighted by molar-refractivity contribution is -0.160. The van der Waals surface area contributed by atoms with Crippen LogP contribution in [-0.4, -0.2) is 46.7 Å². The van der Waals surface area contributed by atoms with E-state index in [4.69, 9.17) is 14.9 Å². The Morgan fingerprint density at radius 1 is 0.704 bits per heavy atom. The molecule has 27 heavy (non-hydrogen) atoms. The summed E-state index contributed by atoms with van der Waals surface area (Å²) in [6.07, 6.45) is 17.2. The molecule has 162 valence electrons. The van der Waals surface area contributed by atoms with Crippen molar-refractivity contribution >= 4 is 5.97 Å². The van der Waals surface area contributed by atoms with Crippen molar-refractivity contribution in [1.82, 2.24) is 0 Å². The van der Waals surface area contributed by atoms with Crippen LogP contribution in [0.25, 0.3) is 0 Å². The lowest BCUT2D eigenvalue weighted by Crippen LogP contribution is -2.36. The summed E-state index contributed by atoms with van der Waals surface area (Å²) in [4.78, 5) is 11.6. The molecule has 0 rings (SSSR count). The molecule has 0 aliphatic rings. The Morgan fingerprint density at radius 2 is 1.11 bits per heavy atom. The highest BCUT2D eigenvalue weighted by Crippen LogP contribution is 2.14. The second-order valence-corrected chi connectivity index (χ2v) is 7.66. The topological polar surface area (TPSA) is 87.0 Å². The minimum atomic E-state index is -1.22. The van der Waals surface area contributed by atoms with Crippen LogP contribution in [0.5, 0.6) is 0 Å². The lowest BCUT2D eigenvalue weighted by atomic mass is 10.0. The van der Waals surface area contributed by atoms with Crippen LogP contribution in [0.3, 0.4) is 0 Å². The van der Waals surface area contributed by atoms with Gasteiger partial charge in [0, 0.05) is 6.42 Å². The Morgan fingerprint density at radius 3 is 1.48 bits per heavy atom. The number of carbonyl (C=O) groups excluding carboxylic acids is 1. The first-order valence-electron chi connectivity index (χ1n) is 11.2. The highest BCUT2D eigenvalue weighted by Gasteiger charge is 2.21. The maximum absolute atomic E-state index is 11.6. The average Bonchev–Trinajstić information content (AvgIpc) is 2.68. The van der Waals surface area contributed by atoms with Crippen molar-refractivity contribution in [3.8, 4) is 0 Å². The molecule has 0 aliphatic carbocycles. The van der Waals surface area contributed by atoms with Gasteiger partial charge in [0.15, 0.2) is 6.10 Å². The van der Waals surface area contributed by atoms with Gasteiger partial charge in [0.05, 0.1) is 13.2 Å². The summed E-state index contributed by atoms with van der Waals surface area (Å²) in [7, 11) is 0. The molecule has 0 aromatic heterocycles. The van der Waals surface area contributed by atoms with Crippen LogP contribution in [0.15, 0.2) is 0 Å². The van der Waals surface area contributed by atoms with Crippen molar-refractivity contribution in [1.29, 1.82) is 0 Å². The van der Waals surface area contributed by atoms with Gasteiger partial charge in [0.1, 0.15) is 6.10 Å². The van der Waals surface area contributed by atoms with E-state index in [2.05, 4.69) is 6.92 Å². The van der Waals surface area contributed by atoms with Crippen LogP contribution in [0, 0.1) is 0 Å². The van der Waals surface area contributed by atoms with E-state index in [1.807, 2.05) is 0 Å². The van der Waals surface area contributed by atoms with Gasteiger partial charge in [-0.3, -0.25) is 4.79 Å². The fraction of sp³-hybridized carbons (Fsp3) is 0.955. The summed E-state index contributed by atoms with van der Waals surface area (Å²) in [6.45, 7) is 1.25. The molecule has 0 saturated carbocycles.